The molecule has 0 atom stereocenters. The molecule has 2 fully saturated rings. The molecule has 0 bridgehead atoms. The zero-order chi connectivity index (χ0) is 28.2. The second-order valence-corrected chi connectivity index (χ2v) is 15.0. The number of halogens is 3. The molecule has 0 aliphatic carbocycles. The highest BCUT2D eigenvalue weighted by atomic mass is 32.2. The molecule has 2 saturated heterocycles. The summed E-state index contributed by atoms with van der Waals surface area (Å²) in [6, 6.07) is 22.3. The maximum absolute atomic E-state index is 13.0. The van der Waals surface area contributed by atoms with Crippen LogP contribution in [-0.4, -0.2) is 49.0 Å². The molecule has 2 aliphatic rings. The van der Waals surface area contributed by atoms with Crippen molar-refractivity contribution < 1.29 is 27.4 Å². The first-order valence-corrected chi connectivity index (χ1v) is 17.4. The number of hydrogen-bond acceptors (Lipinski definition) is 3. The van der Waals surface area contributed by atoms with E-state index in [0.29, 0.717) is 24.1 Å². The van der Waals surface area contributed by atoms with E-state index in [1.165, 1.54) is 52.4 Å². The zero-order valence-corrected chi connectivity index (χ0v) is 24.6. The van der Waals surface area contributed by atoms with Crippen LogP contribution < -0.4 is 9.47 Å². The van der Waals surface area contributed by atoms with Crippen LogP contribution in [-0.2, 0) is 33.1 Å². The summed E-state index contributed by atoms with van der Waals surface area (Å²) >= 11 is 0. The minimum absolute atomic E-state index is 0.115. The van der Waals surface area contributed by atoms with Crippen LogP contribution in [0.15, 0.2) is 76.5 Å². The summed E-state index contributed by atoms with van der Waals surface area (Å²) in [6.07, 6.45) is 0.599. The fourth-order valence-corrected chi connectivity index (χ4v) is 10.8. The van der Waals surface area contributed by atoms with Gasteiger partial charge in [-0.25, -0.2) is 0 Å². The van der Waals surface area contributed by atoms with Gasteiger partial charge >= 0.3 is 6.18 Å². The molecule has 4 aromatic rings. The van der Waals surface area contributed by atoms with Gasteiger partial charge in [-0.2, -0.15) is 13.2 Å². The van der Waals surface area contributed by atoms with E-state index in [4.69, 9.17) is 14.2 Å². The van der Waals surface area contributed by atoms with E-state index in [1.54, 1.807) is 6.07 Å². The van der Waals surface area contributed by atoms with E-state index < -0.39 is 12.8 Å². The quantitative estimate of drug-likeness (QED) is 0.136. The van der Waals surface area contributed by atoms with Crippen molar-refractivity contribution in [3.63, 3.8) is 0 Å². The minimum Gasteiger partial charge on any atom is -0.491 e. The lowest BCUT2D eigenvalue weighted by molar-refractivity contribution is -0.153. The van der Waals surface area contributed by atoms with E-state index in [2.05, 4.69) is 30.3 Å². The van der Waals surface area contributed by atoms with E-state index >= 15 is 0 Å². The molecule has 4 aromatic carbocycles. The average molecular weight is 601 g/mol. The molecule has 0 N–H and O–H groups in total. The normalized spacial score (nSPS) is 16.7. The van der Waals surface area contributed by atoms with Crippen LogP contribution in [0, 0.1) is 0 Å². The molecule has 0 aromatic heterocycles. The molecular weight excluding hydrogens is 565 g/mol. The summed E-state index contributed by atoms with van der Waals surface area (Å²) in [4.78, 5) is 2.66. The molecule has 3 nitrogen and oxygen atoms in total. The van der Waals surface area contributed by atoms with Gasteiger partial charge in [0, 0.05) is 43.3 Å². The topological polar surface area (TPSA) is 27.7 Å². The lowest BCUT2D eigenvalue weighted by atomic mass is 10.0. The van der Waals surface area contributed by atoms with Crippen LogP contribution in [0.25, 0.3) is 21.5 Å². The largest absolute Gasteiger partial charge is 0.491 e. The third kappa shape index (κ3) is 6.60. The van der Waals surface area contributed by atoms with E-state index in [0.717, 1.165) is 39.0 Å². The number of ether oxygens (including phenoxy) is 3. The van der Waals surface area contributed by atoms with Gasteiger partial charge < -0.3 is 14.2 Å². The molecule has 2 heterocycles. The second-order valence-electron chi connectivity index (χ2n) is 10.5. The van der Waals surface area contributed by atoms with Crippen LogP contribution in [0.1, 0.15) is 31.2 Å². The first-order valence-electron chi connectivity index (χ1n) is 14.3. The Balaban J connectivity index is 1.16. The molecular formula is C33H35F3O3S2+2. The van der Waals surface area contributed by atoms with Crippen molar-refractivity contribution in [1.29, 1.82) is 0 Å². The van der Waals surface area contributed by atoms with Crippen LogP contribution in [0.2, 0.25) is 0 Å². The zero-order valence-electron chi connectivity index (χ0n) is 23.0. The van der Waals surface area contributed by atoms with Crippen molar-refractivity contribution in [3.05, 3.63) is 72.3 Å². The molecule has 0 unspecified atom stereocenters. The standard InChI is InChI=1S/C33H35F3O3S2/c34-33(35,36)23-39-29-13-15-31(41-20-5-6-21-41)27-11-7-8-24(32(27)29)22-37-16-17-38-28-12-14-30(40-18-3-4-19-40)26-10-2-1-9-25(26)28/h1-2,7-15H,3-6,16-23H2/q+2. The predicted octanol–water partition coefficient (Wildman–Crippen LogP) is 8.07. The molecule has 8 heteroatoms. The second kappa shape index (κ2) is 12.8. The molecule has 0 saturated carbocycles. The van der Waals surface area contributed by atoms with Crippen LogP contribution >= 0.6 is 0 Å². The highest BCUT2D eigenvalue weighted by molar-refractivity contribution is 7.97. The third-order valence-electron chi connectivity index (χ3n) is 7.71. The maximum atomic E-state index is 13.0. The van der Waals surface area contributed by atoms with Gasteiger partial charge in [0.25, 0.3) is 0 Å². The number of rotatable bonds is 10. The number of alkyl halides is 3. The molecule has 0 amide bonds. The fourth-order valence-electron chi connectivity index (χ4n) is 5.84. The number of fused-ring (bicyclic) bond motifs is 2. The maximum Gasteiger partial charge on any atom is 0.422 e. The van der Waals surface area contributed by atoms with Gasteiger partial charge in [-0.1, -0.05) is 30.3 Å². The fraction of sp³-hybridized carbons (Fsp3) is 0.394. The highest BCUT2D eigenvalue weighted by Crippen LogP contribution is 2.38. The molecule has 6 rings (SSSR count). The SMILES string of the molecule is FC(F)(F)COc1ccc([S+]2CCCC2)c2cccc(COCCOc3ccc([S+]4CCCC4)c4ccccc34)c12. The summed E-state index contributed by atoms with van der Waals surface area (Å²) in [7, 11) is 0.435. The summed E-state index contributed by atoms with van der Waals surface area (Å²) < 4.78 is 56.6. The molecule has 2 aliphatic heterocycles. The minimum atomic E-state index is -4.40. The van der Waals surface area contributed by atoms with Crippen molar-refractivity contribution in [2.45, 2.75) is 48.3 Å². The van der Waals surface area contributed by atoms with Crippen molar-refractivity contribution in [2.75, 3.05) is 42.8 Å². The van der Waals surface area contributed by atoms with E-state index in [9.17, 15) is 13.2 Å². The first kappa shape index (κ1) is 28.6. The Morgan fingerprint density at radius 3 is 1.90 bits per heavy atom. The predicted molar refractivity (Wildman–Crippen MR) is 164 cm³/mol. The highest BCUT2D eigenvalue weighted by Gasteiger charge is 2.32. The molecule has 0 radical (unpaired) electrons. The van der Waals surface area contributed by atoms with E-state index in [-0.39, 0.29) is 23.3 Å². The lowest BCUT2D eigenvalue weighted by Gasteiger charge is -2.16. The summed E-state index contributed by atoms with van der Waals surface area (Å²) in [5, 5.41) is 4.10. The number of benzene rings is 4. The third-order valence-corrected chi connectivity index (χ3v) is 12.8. The molecule has 0 spiro atoms. The Morgan fingerprint density at radius 2 is 1.22 bits per heavy atom. The Morgan fingerprint density at radius 1 is 0.610 bits per heavy atom. The van der Waals surface area contributed by atoms with Crippen LogP contribution in [0.4, 0.5) is 13.2 Å². The van der Waals surface area contributed by atoms with Gasteiger partial charge in [0.2, 0.25) is 0 Å². The number of hydrogen-bond donors (Lipinski definition) is 0. The Hall–Kier alpha value is -2.55. The Labute approximate surface area is 245 Å². The van der Waals surface area contributed by atoms with Crippen LogP contribution in [0.3, 0.4) is 0 Å². The van der Waals surface area contributed by atoms with Gasteiger partial charge in [0.1, 0.15) is 41.1 Å². The van der Waals surface area contributed by atoms with Gasteiger partial charge in [-0.3, -0.25) is 0 Å². The first-order chi connectivity index (χ1) is 20.0. The van der Waals surface area contributed by atoms with Gasteiger partial charge in [0.05, 0.1) is 13.2 Å². The molecule has 41 heavy (non-hydrogen) atoms. The van der Waals surface area contributed by atoms with Crippen molar-refractivity contribution in [1.82, 2.24) is 0 Å². The average Bonchev–Trinajstić information content (AvgIpc) is 3.71. The smallest absolute Gasteiger partial charge is 0.422 e. The van der Waals surface area contributed by atoms with Crippen LogP contribution in [0.5, 0.6) is 11.5 Å². The summed E-state index contributed by atoms with van der Waals surface area (Å²) in [5.74, 6) is 5.93. The Kier molecular flexibility index (Phi) is 8.89. The van der Waals surface area contributed by atoms with Crippen molar-refractivity contribution in [3.8, 4) is 11.5 Å². The van der Waals surface area contributed by atoms with Crippen molar-refractivity contribution in [2.24, 2.45) is 0 Å². The van der Waals surface area contributed by atoms with Gasteiger partial charge in [-0.05, 0) is 67.6 Å². The lowest BCUT2D eigenvalue weighted by Crippen LogP contribution is -2.19. The van der Waals surface area contributed by atoms with Gasteiger partial charge in [-0.15, -0.1) is 0 Å². The summed E-state index contributed by atoms with van der Waals surface area (Å²) in [5.41, 5.74) is 0.830. The monoisotopic (exact) mass is 600 g/mol. The molecule has 216 valence electrons. The Bertz CT molecular complexity index is 1490. The summed E-state index contributed by atoms with van der Waals surface area (Å²) in [6.45, 7) is -0.307. The van der Waals surface area contributed by atoms with Gasteiger partial charge in [0.15, 0.2) is 16.4 Å². The van der Waals surface area contributed by atoms with Crippen molar-refractivity contribution >= 4 is 43.3 Å². The van der Waals surface area contributed by atoms with E-state index in [1.807, 2.05) is 30.3 Å².